The lowest BCUT2D eigenvalue weighted by Gasteiger charge is -2.56. The molecule has 1 aromatic carbocycles. The maximum absolute atomic E-state index is 12.6. The molecule has 0 spiro atoms. The van der Waals surface area contributed by atoms with Crippen molar-refractivity contribution in [3.05, 3.63) is 23.8 Å². The summed E-state index contributed by atoms with van der Waals surface area (Å²) < 4.78 is 34.3. The van der Waals surface area contributed by atoms with E-state index >= 15 is 0 Å². The van der Waals surface area contributed by atoms with Gasteiger partial charge in [-0.2, -0.15) is 8.78 Å². The Morgan fingerprint density at radius 2 is 1.77 bits per heavy atom. The predicted molar refractivity (Wildman–Crippen MR) is 92.6 cm³/mol. The van der Waals surface area contributed by atoms with E-state index in [0.717, 1.165) is 17.8 Å². The van der Waals surface area contributed by atoms with Gasteiger partial charge in [0.2, 0.25) is 0 Å². The molecule has 4 saturated carbocycles. The second kappa shape index (κ2) is 6.71. The van der Waals surface area contributed by atoms with Crippen molar-refractivity contribution in [1.29, 1.82) is 0 Å². The van der Waals surface area contributed by atoms with Crippen molar-refractivity contribution in [1.82, 2.24) is 5.32 Å². The highest BCUT2D eigenvalue weighted by Crippen LogP contribution is 2.59. The average Bonchev–Trinajstić information content (AvgIpc) is 2.58. The van der Waals surface area contributed by atoms with Gasteiger partial charge in [-0.15, -0.1) is 0 Å². The Hall–Kier alpha value is -1.85. The molecule has 0 saturated heterocycles. The van der Waals surface area contributed by atoms with Crippen molar-refractivity contribution >= 4 is 5.91 Å². The number of nitrogens with one attached hydrogen (secondary N) is 1. The van der Waals surface area contributed by atoms with Crippen LogP contribution in [-0.2, 0) is 0 Å². The SMILES string of the molecule is COc1cc(C(=O)NCC23CC4CC(CC(C4)C2)C3)ccc1OC(F)F. The van der Waals surface area contributed by atoms with Gasteiger partial charge in [0.25, 0.3) is 5.91 Å². The van der Waals surface area contributed by atoms with Crippen LogP contribution < -0.4 is 14.8 Å². The smallest absolute Gasteiger partial charge is 0.387 e. The van der Waals surface area contributed by atoms with Crippen LogP contribution in [0, 0.1) is 23.2 Å². The highest BCUT2D eigenvalue weighted by atomic mass is 19.3. The number of halogens is 2. The van der Waals surface area contributed by atoms with Crippen LogP contribution >= 0.6 is 0 Å². The first-order valence-corrected chi connectivity index (χ1v) is 9.37. The van der Waals surface area contributed by atoms with Gasteiger partial charge in [-0.05, 0) is 79.9 Å². The van der Waals surface area contributed by atoms with Crippen molar-refractivity contribution in [3.63, 3.8) is 0 Å². The largest absolute Gasteiger partial charge is 0.493 e. The molecule has 4 nitrogen and oxygen atoms in total. The fourth-order valence-electron chi connectivity index (χ4n) is 5.88. The molecule has 1 aromatic rings. The molecule has 4 aliphatic rings. The third-order valence-corrected chi connectivity index (χ3v) is 6.43. The molecule has 6 heteroatoms. The van der Waals surface area contributed by atoms with E-state index in [-0.39, 0.29) is 22.8 Å². The van der Waals surface area contributed by atoms with Crippen LogP contribution in [0.4, 0.5) is 8.78 Å². The van der Waals surface area contributed by atoms with Gasteiger partial charge in [0, 0.05) is 12.1 Å². The summed E-state index contributed by atoms with van der Waals surface area (Å²) in [6, 6.07) is 4.30. The first kappa shape index (κ1) is 17.6. The van der Waals surface area contributed by atoms with E-state index in [1.165, 1.54) is 63.8 Å². The third-order valence-electron chi connectivity index (χ3n) is 6.43. The summed E-state index contributed by atoms with van der Waals surface area (Å²) in [7, 11) is 1.37. The van der Waals surface area contributed by atoms with Crippen LogP contribution in [0.25, 0.3) is 0 Å². The number of amides is 1. The number of methoxy groups -OCH3 is 1. The normalized spacial score (nSPS) is 31.9. The summed E-state index contributed by atoms with van der Waals surface area (Å²) in [6.45, 7) is -2.23. The van der Waals surface area contributed by atoms with Gasteiger partial charge in [-0.3, -0.25) is 4.79 Å². The molecule has 0 unspecified atom stereocenters. The van der Waals surface area contributed by atoms with Gasteiger partial charge in [0.05, 0.1) is 7.11 Å². The Morgan fingerprint density at radius 3 is 2.31 bits per heavy atom. The Labute approximate surface area is 152 Å². The van der Waals surface area contributed by atoms with E-state index in [2.05, 4.69) is 10.1 Å². The lowest BCUT2D eigenvalue weighted by Crippen LogP contribution is -2.51. The molecule has 0 radical (unpaired) electrons. The van der Waals surface area contributed by atoms with Crippen molar-refractivity contribution < 1.29 is 23.0 Å². The lowest BCUT2D eigenvalue weighted by atomic mass is 9.49. The second-order valence-electron chi connectivity index (χ2n) is 8.34. The highest BCUT2D eigenvalue weighted by Gasteiger charge is 2.50. The molecule has 4 fully saturated rings. The number of benzene rings is 1. The second-order valence-corrected chi connectivity index (χ2v) is 8.34. The van der Waals surface area contributed by atoms with Crippen LogP contribution in [-0.4, -0.2) is 26.2 Å². The van der Waals surface area contributed by atoms with Crippen LogP contribution in [0.15, 0.2) is 18.2 Å². The number of rotatable bonds is 6. The summed E-state index contributed by atoms with van der Waals surface area (Å²) in [6.07, 6.45) is 7.79. The molecule has 26 heavy (non-hydrogen) atoms. The first-order chi connectivity index (χ1) is 12.5. The number of ether oxygens (including phenoxy) is 2. The Morgan fingerprint density at radius 1 is 1.15 bits per heavy atom. The number of carbonyl (C=O) groups is 1. The van der Waals surface area contributed by atoms with Gasteiger partial charge in [0.15, 0.2) is 11.5 Å². The molecule has 0 aromatic heterocycles. The molecule has 1 N–H and O–H groups in total. The van der Waals surface area contributed by atoms with Crippen LogP contribution in [0.1, 0.15) is 48.9 Å². The monoisotopic (exact) mass is 365 g/mol. The van der Waals surface area contributed by atoms with Crippen molar-refractivity contribution in [2.75, 3.05) is 13.7 Å². The topological polar surface area (TPSA) is 47.6 Å². The molecular formula is C20H25F2NO3. The summed E-state index contributed by atoms with van der Waals surface area (Å²) in [5.41, 5.74) is 0.654. The zero-order valence-corrected chi connectivity index (χ0v) is 15.0. The molecule has 4 aliphatic carbocycles. The molecule has 0 heterocycles. The first-order valence-electron chi connectivity index (χ1n) is 9.37. The number of alkyl halides is 2. The van der Waals surface area contributed by atoms with E-state index in [0.29, 0.717) is 12.1 Å². The Balaban J connectivity index is 1.42. The predicted octanol–water partition coefficient (Wildman–Crippen LogP) is 4.24. The number of hydrogen-bond acceptors (Lipinski definition) is 3. The minimum atomic E-state index is -2.93. The lowest BCUT2D eigenvalue weighted by molar-refractivity contribution is -0.0513. The zero-order valence-electron chi connectivity index (χ0n) is 15.0. The summed E-state index contributed by atoms with van der Waals surface area (Å²) >= 11 is 0. The van der Waals surface area contributed by atoms with Crippen molar-refractivity contribution in [2.45, 2.75) is 45.1 Å². The number of carbonyl (C=O) groups excluding carboxylic acids is 1. The van der Waals surface area contributed by atoms with Crippen LogP contribution in [0.2, 0.25) is 0 Å². The molecular weight excluding hydrogens is 340 g/mol. The number of hydrogen-bond donors (Lipinski definition) is 1. The quantitative estimate of drug-likeness (QED) is 0.820. The van der Waals surface area contributed by atoms with Crippen LogP contribution in [0.5, 0.6) is 11.5 Å². The highest BCUT2D eigenvalue weighted by molar-refractivity contribution is 5.94. The summed E-state index contributed by atoms with van der Waals surface area (Å²) in [5, 5.41) is 3.08. The Kier molecular flexibility index (Phi) is 4.53. The summed E-state index contributed by atoms with van der Waals surface area (Å²) in [4.78, 5) is 12.6. The summed E-state index contributed by atoms with van der Waals surface area (Å²) in [5.74, 6) is 2.38. The van der Waals surface area contributed by atoms with E-state index in [4.69, 9.17) is 4.74 Å². The van der Waals surface area contributed by atoms with E-state index in [9.17, 15) is 13.6 Å². The van der Waals surface area contributed by atoms with Gasteiger partial charge < -0.3 is 14.8 Å². The van der Waals surface area contributed by atoms with Crippen molar-refractivity contribution in [3.8, 4) is 11.5 Å². The standard InChI is InChI=1S/C20H25F2NO3/c1-25-17-7-15(2-3-16(17)26-19(21)22)18(24)23-11-20-8-12-4-13(9-20)6-14(5-12)10-20/h2-3,7,12-14,19H,4-6,8-11H2,1H3,(H,23,24). The molecule has 1 amide bonds. The molecule has 0 atom stereocenters. The minimum Gasteiger partial charge on any atom is -0.493 e. The molecule has 4 bridgehead atoms. The minimum absolute atomic E-state index is 0.0693. The van der Waals surface area contributed by atoms with Crippen molar-refractivity contribution in [2.24, 2.45) is 23.2 Å². The van der Waals surface area contributed by atoms with E-state index < -0.39 is 6.61 Å². The zero-order chi connectivity index (χ0) is 18.3. The van der Waals surface area contributed by atoms with Gasteiger partial charge in [-0.1, -0.05) is 0 Å². The van der Waals surface area contributed by atoms with E-state index in [1.807, 2.05) is 0 Å². The van der Waals surface area contributed by atoms with E-state index in [1.54, 1.807) is 0 Å². The molecule has 5 rings (SSSR count). The Bertz CT molecular complexity index is 656. The molecule has 0 aliphatic heterocycles. The molecule has 142 valence electrons. The fourth-order valence-corrected chi connectivity index (χ4v) is 5.88. The average molecular weight is 365 g/mol. The maximum Gasteiger partial charge on any atom is 0.387 e. The van der Waals surface area contributed by atoms with Gasteiger partial charge in [-0.25, -0.2) is 0 Å². The van der Waals surface area contributed by atoms with Gasteiger partial charge in [0.1, 0.15) is 0 Å². The van der Waals surface area contributed by atoms with Gasteiger partial charge >= 0.3 is 6.61 Å². The third kappa shape index (κ3) is 3.38. The fraction of sp³-hybridized carbons (Fsp3) is 0.650. The maximum atomic E-state index is 12.6. The van der Waals surface area contributed by atoms with Crippen LogP contribution in [0.3, 0.4) is 0 Å².